The van der Waals surface area contributed by atoms with Gasteiger partial charge in [-0.3, -0.25) is 14.9 Å². The molecule has 5 heteroatoms. The summed E-state index contributed by atoms with van der Waals surface area (Å²) in [5, 5.41) is 10.7. The average Bonchev–Trinajstić information content (AvgIpc) is 3.13. The summed E-state index contributed by atoms with van der Waals surface area (Å²) in [5.41, 5.74) is 0.190. The summed E-state index contributed by atoms with van der Waals surface area (Å²) in [6, 6.07) is 4.13. The molecule has 1 aromatic rings. The predicted octanol–water partition coefficient (Wildman–Crippen LogP) is 2.98. The Morgan fingerprint density at radius 1 is 1.50 bits per heavy atom. The number of nitro groups is 1. The van der Waals surface area contributed by atoms with Crippen LogP contribution in [0.5, 0.6) is 5.75 Å². The van der Waals surface area contributed by atoms with Gasteiger partial charge in [0.2, 0.25) is 0 Å². The number of carbonyl (C=O) groups excluding carboxylic acids is 1. The molecule has 18 heavy (non-hydrogen) atoms. The zero-order valence-corrected chi connectivity index (χ0v) is 10.2. The summed E-state index contributed by atoms with van der Waals surface area (Å²) in [7, 11) is 0. The van der Waals surface area contributed by atoms with Crippen molar-refractivity contribution in [1.82, 2.24) is 0 Å². The molecule has 1 aliphatic rings. The lowest BCUT2D eigenvalue weighted by molar-refractivity contribution is -0.384. The highest BCUT2D eigenvalue weighted by atomic mass is 16.6. The topological polar surface area (TPSA) is 69.4 Å². The van der Waals surface area contributed by atoms with Gasteiger partial charge in [-0.25, -0.2) is 0 Å². The Hall–Kier alpha value is -1.91. The zero-order chi connectivity index (χ0) is 13.1. The van der Waals surface area contributed by atoms with Gasteiger partial charge in [-0.2, -0.15) is 0 Å². The van der Waals surface area contributed by atoms with E-state index < -0.39 is 4.92 Å². The highest BCUT2D eigenvalue weighted by molar-refractivity contribution is 5.97. The molecule has 0 heterocycles. The summed E-state index contributed by atoms with van der Waals surface area (Å²) in [4.78, 5) is 21.6. The van der Waals surface area contributed by atoms with Crippen LogP contribution in [-0.4, -0.2) is 17.3 Å². The van der Waals surface area contributed by atoms with Crippen LogP contribution in [0.2, 0.25) is 0 Å². The van der Waals surface area contributed by atoms with Crippen LogP contribution in [0.1, 0.15) is 36.5 Å². The summed E-state index contributed by atoms with van der Waals surface area (Å²) >= 11 is 0. The largest absolute Gasteiger partial charge is 0.493 e. The van der Waals surface area contributed by atoms with Gasteiger partial charge in [-0.15, -0.1) is 0 Å². The number of hydrogen-bond donors (Lipinski definition) is 0. The van der Waals surface area contributed by atoms with Crippen LogP contribution in [0.25, 0.3) is 0 Å². The van der Waals surface area contributed by atoms with Crippen molar-refractivity contribution in [3.05, 3.63) is 33.9 Å². The SMILES string of the molecule is CC(=O)c1cc([N+](=O)[O-])ccc1OCCC1CC1. The van der Waals surface area contributed by atoms with E-state index in [9.17, 15) is 14.9 Å². The first-order valence-electron chi connectivity index (χ1n) is 6.00. The molecule has 0 aliphatic heterocycles. The summed E-state index contributed by atoms with van der Waals surface area (Å²) in [6.07, 6.45) is 3.49. The van der Waals surface area contributed by atoms with E-state index in [1.54, 1.807) is 0 Å². The third-order valence-corrected chi connectivity index (χ3v) is 3.03. The third-order valence-electron chi connectivity index (χ3n) is 3.03. The van der Waals surface area contributed by atoms with Crippen molar-refractivity contribution in [2.45, 2.75) is 26.2 Å². The van der Waals surface area contributed by atoms with Gasteiger partial charge in [0.15, 0.2) is 5.78 Å². The summed E-state index contributed by atoms with van der Waals surface area (Å²) < 4.78 is 5.54. The number of non-ortho nitro benzene ring substituents is 1. The molecule has 0 bridgehead atoms. The van der Waals surface area contributed by atoms with Crippen LogP contribution in [0.15, 0.2) is 18.2 Å². The normalized spacial score (nSPS) is 14.3. The third kappa shape index (κ3) is 3.06. The predicted molar refractivity (Wildman–Crippen MR) is 65.9 cm³/mol. The standard InChI is InChI=1S/C13H15NO4/c1-9(15)12-8-11(14(16)17)4-5-13(12)18-7-6-10-2-3-10/h4-5,8,10H,2-3,6-7H2,1H3. The minimum absolute atomic E-state index is 0.0882. The van der Waals surface area contributed by atoms with Gasteiger partial charge in [-0.05, 0) is 25.3 Å². The maximum atomic E-state index is 11.4. The number of rotatable bonds is 6. The van der Waals surface area contributed by atoms with Crippen molar-refractivity contribution in [3.8, 4) is 5.75 Å². The second-order valence-electron chi connectivity index (χ2n) is 4.57. The first-order valence-corrected chi connectivity index (χ1v) is 6.00. The van der Waals surface area contributed by atoms with Crippen LogP contribution in [0.3, 0.4) is 0 Å². The smallest absolute Gasteiger partial charge is 0.270 e. The molecule has 1 saturated carbocycles. The number of carbonyl (C=O) groups is 1. The molecule has 0 radical (unpaired) electrons. The van der Waals surface area contributed by atoms with Crippen molar-refractivity contribution in [1.29, 1.82) is 0 Å². The average molecular weight is 249 g/mol. The number of ketones is 1. The van der Waals surface area contributed by atoms with Crippen LogP contribution in [0.4, 0.5) is 5.69 Å². The highest BCUT2D eigenvalue weighted by Crippen LogP contribution is 2.32. The molecule has 1 aliphatic carbocycles. The lowest BCUT2D eigenvalue weighted by Crippen LogP contribution is -2.04. The van der Waals surface area contributed by atoms with Gasteiger partial charge in [0.25, 0.3) is 5.69 Å². The molecule has 0 spiro atoms. The number of Topliss-reactive ketones (excluding diaryl/α,β-unsaturated/α-hetero) is 1. The molecule has 1 fully saturated rings. The van der Waals surface area contributed by atoms with Crippen molar-refractivity contribution >= 4 is 11.5 Å². The summed E-state index contributed by atoms with van der Waals surface area (Å²) in [5.74, 6) is 0.970. The van der Waals surface area contributed by atoms with Crippen LogP contribution >= 0.6 is 0 Å². The van der Waals surface area contributed by atoms with E-state index in [1.807, 2.05) is 0 Å². The molecule has 0 unspecified atom stereocenters. The van der Waals surface area contributed by atoms with E-state index in [0.717, 1.165) is 12.3 Å². The Labute approximate surface area is 105 Å². The molecular formula is C13H15NO4. The molecular weight excluding hydrogens is 234 g/mol. The number of ether oxygens (including phenoxy) is 1. The Balaban J connectivity index is 2.11. The van der Waals surface area contributed by atoms with Gasteiger partial charge in [0.1, 0.15) is 5.75 Å². The first kappa shape index (κ1) is 12.5. The van der Waals surface area contributed by atoms with Gasteiger partial charge in [0, 0.05) is 12.1 Å². The minimum atomic E-state index is -0.513. The van der Waals surface area contributed by atoms with Crippen molar-refractivity contribution in [3.63, 3.8) is 0 Å². The molecule has 0 N–H and O–H groups in total. The van der Waals surface area contributed by atoms with Crippen molar-refractivity contribution < 1.29 is 14.5 Å². The van der Waals surface area contributed by atoms with Gasteiger partial charge in [-0.1, -0.05) is 12.8 Å². The van der Waals surface area contributed by atoms with Crippen LogP contribution < -0.4 is 4.74 Å². The van der Waals surface area contributed by atoms with Gasteiger partial charge < -0.3 is 4.74 Å². The summed E-state index contributed by atoms with van der Waals surface area (Å²) in [6.45, 7) is 1.94. The maximum Gasteiger partial charge on any atom is 0.270 e. The molecule has 5 nitrogen and oxygen atoms in total. The second-order valence-corrected chi connectivity index (χ2v) is 4.57. The Kier molecular flexibility index (Phi) is 3.60. The van der Waals surface area contributed by atoms with Gasteiger partial charge >= 0.3 is 0 Å². The molecule has 0 saturated heterocycles. The van der Waals surface area contributed by atoms with E-state index in [-0.39, 0.29) is 17.0 Å². The van der Waals surface area contributed by atoms with Crippen molar-refractivity contribution in [2.24, 2.45) is 5.92 Å². The second kappa shape index (κ2) is 5.16. The maximum absolute atomic E-state index is 11.4. The fraction of sp³-hybridized carbons (Fsp3) is 0.462. The number of nitrogens with zero attached hydrogens (tertiary/aromatic N) is 1. The monoisotopic (exact) mass is 249 g/mol. The molecule has 96 valence electrons. The lowest BCUT2D eigenvalue weighted by Gasteiger charge is -2.09. The fourth-order valence-electron chi connectivity index (χ4n) is 1.77. The number of nitro benzene ring substituents is 1. The molecule has 1 aromatic carbocycles. The van der Waals surface area contributed by atoms with E-state index in [1.165, 1.54) is 38.0 Å². The Morgan fingerprint density at radius 2 is 2.22 bits per heavy atom. The van der Waals surface area contributed by atoms with E-state index in [2.05, 4.69) is 0 Å². The first-order chi connectivity index (χ1) is 8.58. The Bertz CT molecular complexity index is 480. The van der Waals surface area contributed by atoms with Crippen LogP contribution in [0, 0.1) is 16.0 Å². The van der Waals surface area contributed by atoms with E-state index in [4.69, 9.17) is 4.74 Å². The van der Waals surface area contributed by atoms with Crippen LogP contribution in [-0.2, 0) is 0 Å². The zero-order valence-electron chi connectivity index (χ0n) is 10.2. The number of hydrogen-bond acceptors (Lipinski definition) is 4. The van der Waals surface area contributed by atoms with Gasteiger partial charge in [0.05, 0.1) is 17.1 Å². The fourth-order valence-corrected chi connectivity index (χ4v) is 1.77. The van der Waals surface area contributed by atoms with Crippen molar-refractivity contribution in [2.75, 3.05) is 6.61 Å². The Morgan fingerprint density at radius 3 is 2.78 bits per heavy atom. The van der Waals surface area contributed by atoms with E-state index >= 15 is 0 Å². The number of benzene rings is 1. The molecule has 0 amide bonds. The highest BCUT2D eigenvalue weighted by Gasteiger charge is 2.21. The molecule has 2 rings (SSSR count). The quantitative estimate of drug-likeness (QED) is 0.441. The molecule has 0 atom stereocenters. The molecule has 0 aromatic heterocycles. The minimum Gasteiger partial charge on any atom is -0.493 e. The van der Waals surface area contributed by atoms with E-state index in [0.29, 0.717) is 12.4 Å². The lowest BCUT2D eigenvalue weighted by atomic mass is 10.1.